The van der Waals surface area contributed by atoms with E-state index in [2.05, 4.69) is 10.2 Å². The topological polar surface area (TPSA) is 210 Å². The second-order valence-corrected chi connectivity index (χ2v) is 18.7. The van der Waals surface area contributed by atoms with E-state index in [1.54, 1.807) is 52.0 Å². The molecule has 16 nitrogen and oxygen atoms in total. The quantitative estimate of drug-likeness (QED) is 0.0254. The molecule has 0 radical (unpaired) electrons. The average Bonchev–Trinajstić information content (AvgIpc) is 3.62. The Kier molecular flexibility index (Phi) is 19.5. The first kappa shape index (κ1) is 50.9. The summed E-state index contributed by atoms with van der Waals surface area (Å²) in [6, 6.07) is 14.7. The van der Waals surface area contributed by atoms with Crippen LogP contribution in [0.15, 0.2) is 48.2 Å². The van der Waals surface area contributed by atoms with Gasteiger partial charge in [0.25, 0.3) is 11.6 Å². The lowest BCUT2D eigenvalue weighted by atomic mass is 9.67. The molecule has 0 spiro atoms. The van der Waals surface area contributed by atoms with Crippen LogP contribution in [-0.4, -0.2) is 105 Å². The molecule has 0 heterocycles. The number of methoxy groups -OCH3 is 1. The van der Waals surface area contributed by atoms with Crippen molar-refractivity contribution in [2.45, 2.75) is 72.3 Å². The Morgan fingerprint density at radius 1 is 0.855 bits per heavy atom. The van der Waals surface area contributed by atoms with Gasteiger partial charge in [-0.3, -0.25) is 24.0 Å². The van der Waals surface area contributed by atoms with Gasteiger partial charge in [0, 0.05) is 50.6 Å². The molecule has 3 rings (SSSR count). The van der Waals surface area contributed by atoms with Gasteiger partial charge in [-0.15, -0.1) is 0 Å². The van der Waals surface area contributed by atoms with Crippen molar-refractivity contribution in [3.63, 3.8) is 0 Å². The standard InChI is InChI=1S/C45H59N3O13Si/c1-10-44(3,42(53)55-6)29-45(4,43(54)61-23-15-25-62(56-7,57-8)58-9)27-31(26-30(2)40(51)60-24-21-49)41(52)59-22-14-20-48-39(50)35-19-13-18-34-37(35)32-16-11-12-17-33(32)38(34)36(28-46)47-5/h11-13,16-19,30-31,49H,10,14-15,20-27,29H2,1-4,6-9H3,(H,48,50). The summed E-state index contributed by atoms with van der Waals surface area (Å²) in [6.07, 6.45) is 0.519. The number of nitriles is 1. The number of benzene rings is 2. The zero-order chi connectivity index (χ0) is 46.1. The smallest absolute Gasteiger partial charge is 0.469 e. The number of aliphatic hydroxyl groups is 1. The molecule has 336 valence electrons. The largest absolute Gasteiger partial charge is 0.500 e. The van der Waals surface area contributed by atoms with Crippen LogP contribution in [0.4, 0.5) is 0 Å². The molecule has 1 aliphatic carbocycles. The minimum absolute atomic E-state index is 0.0386. The number of rotatable bonds is 25. The predicted octanol–water partition coefficient (Wildman–Crippen LogP) is 5.90. The van der Waals surface area contributed by atoms with Crippen LogP contribution in [0, 0.1) is 40.6 Å². The molecule has 1 aliphatic rings. The second kappa shape index (κ2) is 23.7. The van der Waals surface area contributed by atoms with Crippen molar-refractivity contribution in [3.8, 4) is 17.2 Å². The van der Waals surface area contributed by atoms with Gasteiger partial charge in [0.1, 0.15) is 6.61 Å². The minimum atomic E-state index is -2.96. The van der Waals surface area contributed by atoms with Gasteiger partial charge in [-0.25, -0.2) is 10.1 Å². The average molecular weight is 878 g/mol. The van der Waals surface area contributed by atoms with E-state index >= 15 is 0 Å². The minimum Gasteiger partial charge on any atom is -0.469 e. The SMILES string of the molecule is [C-]#[N+]C(C#N)=C1c2ccccc2-c2c(C(=O)NCCCOC(=O)C(CC(C)C(=O)OCCO)CC(C)(CC(C)(CC)C(=O)OC)C(=O)OCCC[Si](OC)(OC)OC)cccc21. The molecule has 2 aromatic carbocycles. The molecule has 4 unspecified atom stereocenters. The first-order valence-electron chi connectivity index (χ1n) is 20.5. The molecule has 62 heavy (non-hydrogen) atoms. The van der Waals surface area contributed by atoms with Crippen molar-refractivity contribution in [2.75, 3.05) is 61.4 Å². The summed E-state index contributed by atoms with van der Waals surface area (Å²) >= 11 is 0. The summed E-state index contributed by atoms with van der Waals surface area (Å²) in [5, 5.41) is 21.8. The number of amides is 1. The van der Waals surface area contributed by atoms with Crippen LogP contribution in [0.1, 0.15) is 87.7 Å². The normalized spacial score (nSPS) is 15.5. The van der Waals surface area contributed by atoms with Gasteiger partial charge in [0.2, 0.25) is 0 Å². The number of carbonyl (C=O) groups excluding carboxylic acids is 5. The maximum Gasteiger partial charge on any atom is 0.500 e. The molecule has 0 aliphatic heterocycles. The highest BCUT2D eigenvalue weighted by molar-refractivity contribution is 6.60. The van der Waals surface area contributed by atoms with Crippen LogP contribution in [0.25, 0.3) is 21.5 Å². The summed E-state index contributed by atoms with van der Waals surface area (Å²) in [5.41, 5.74) is 0.748. The number of ether oxygens (including phenoxy) is 4. The fourth-order valence-corrected chi connectivity index (χ4v) is 9.52. The van der Waals surface area contributed by atoms with E-state index in [-0.39, 0.29) is 57.7 Å². The predicted molar refractivity (Wildman–Crippen MR) is 228 cm³/mol. The number of nitrogens with zero attached hydrogens (tertiary/aromatic N) is 2. The fraction of sp³-hybridized carbons (Fsp3) is 0.533. The molecule has 0 bridgehead atoms. The van der Waals surface area contributed by atoms with Crippen LogP contribution in [0.2, 0.25) is 6.04 Å². The summed E-state index contributed by atoms with van der Waals surface area (Å²) in [4.78, 5) is 71.1. The number of fused-ring (bicyclic) bond motifs is 3. The van der Waals surface area contributed by atoms with E-state index < -0.39 is 67.9 Å². The Hall–Kier alpha value is -5.43. The van der Waals surface area contributed by atoms with Crippen LogP contribution in [0.3, 0.4) is 0 Å². The highest BCUT2D eigenvalue weighted by atomic mass is 28.4. The van der Waals surface area contributed by atoms with E-state index in [1.807, 2.05) is 24.3 Å². The van der Waals surface area contributed by atoms with Gasteiger partial charge in [-0.05, 0) is 75.1 Å². The zero-order valence-electron chi connectivity index (χ0n) is 36.9. The molecule has 0 saturated heterocycles. The number of hydrogen-bond acceptors (Lipinski definition) is 14. The van der Waals surface area contributed by atoms with E-state index in [1.165, 1.54) is 28.4 Å². The van der Waals surface area contributed by atoms with Crippen molar-refractivity contribution < 1.29 is 61.3 Å². The number of hydrogen-bond donors (Lipinski definition) is 2. The molecule has 0 saturated carbocycles. The zero-order valence-corrected chi connectivity index (χ0v) is 37.9. The number of carbonyl (C=O) groups is 5. The first-order valence-corrected chi connectivity index (χ1v) is 22.4. The lowest BCUT2D eigenvalue weighted by Crippen LogP contribution is -2.43. The number of allylic oxidation sites excluding steroid dienone is 1. The van der Waals surface area contributed by atoms with Crippen molar-refractivity contribution >= 4 is 44.2 Å². The lowest BCUT2D eigenvalue weighted by molar-refractivity contribution is -0.165. The molecule has 17 heteroatoms. The lowest BCUT2D eigenvalue weighted by Gasteiger charge is -2.37. The molecule has 0 fully saturated rings. The molecule has 2 aromatic rings. The van der Waals surface area contributed by atoms with Gasteiger partial charge in [-0.2, -0.15) is 0 Å². The monoisotopic (exact) mass is 877 g/mol. The molecular weight excluding hydrogens is 819 g/mol. The van der Waals surface area contributed by atoms with Crippen molar-refractivity contribution in [1.29, 1.82) is 5.26 Å². The van der Waals surface area contributed by atoms with Crippen molar-refractivity contribution in [1.82, 2.24) is 5.32 Å². The Morgan fingerprint density at radius 3 is 2.08 bits per heavy atom. The third-order valence-electron chi connectivity index (χ3n) is 11.3. The van der Waals surface area contributed by atoms with Crippen LogP contribution in [0.5, 0.6) is 0 Å². The molecular formula is C45H59N3O13Si. The second-order valence-electron chi connectivity index (χ2n) is 15.6. The van der Waals surface area contributed by atoms with Gasteiger partial charge in [0.05, 0.1) is 62.2 Å². The Morgan fingerprint density at radius 2 is 1.48 bits per heavy atom. The molecule has 4 atom stereocenters. The Bertz CT molecular complexity index is 2010. The van der Waals surface area contributed by atoms with Crippen molar-refractivity contribution in [2.24, 2.45) is 22.7 Å². The van der Waals surface area contributed by atoms with Crippen molar-refractivity contribution in [3.05, 3.63) is 76.3 Å². The third-order valence-corrected chi connectivity index (χ3v) is 14.1. The molecule has 0 aromatic heterocycles. The van der Waals surface area contributed by atoms with E-state index in [9.17, 15) is 34.3 Å². The van der Waals surface area contributed by atoms with E-state index in [0.717, 1.165) is 5.56 Å². The van der Waals surface area contributed by atoms with Gasteiger partial charge in [-0.1, -0.05) is 50.2 Å². The molecule has 2 N–H and O–H groups in total. The maximum atomic E-state index is 14.1. The number of aliphatic hydroxyl groups excluding tert-OH is 1. The Balaban J connectivity index is 1.82. The van der Waals surface area contributed by atoms with Gasteiger partial charge in [0.15, 0.2) is 0 Å². The first-order chi connectivity index (χ1) is 29.6. The third kappa shape index (κ3) is 12.4. The summed E-state index contributed by atoms with van der Waals surface area (Å²) < 4.78 is 38.2. The van der Waals surface area contributed by atoms with Gasteiger partial charge >= 0.3 is 32.7 Å². The van der Waals surface area contributed by atoms with E-state index in [0.29, 0.717) is 46.7 Å². The van der Waals surface area contributed by atoms with Crippen LogP contribution < -0.4 is 5.32 Å². The maximum absolute atomic E-state index is 14.1. The number of esters is 4. The highest BCUT2D eigenvalue weighted by Gasteiger charge is 2.48. The Labute approximate surface area is 365 Å². The van der Waals surface area contributed by atoms with Gasteiger partial charge < -0.3 is 42.6 Å². The summed E-state index contributed by atoms with van der Waals surface area (Å²) in [5.74, 6) is -4.91. The van der Waals surface area contributed by atoms with E-state index in [4.69, 9.17) is 38.8 Å². The number of nitrogens with one attached hydrogen (secondary N) is 1. The van der Waals surface area contributed by atoms with Crippen LogP contribution in [-0.2, 0) is 51.4 Å². The fourth-order valence-electron chi connectivity index (χ4n) is 7.83. The summed E-state index contributed by atoms with van der Waals surface area (Å²) in [6.45, 7) is 13.5. The highest BCUT2D eigenvalue weighted by Crippen LogP contribution is 2.47. The molecule has 1 amide bonds. The summed E-state index contributed by atoms with van der Waals surface area (Å²) in [7, 11) is 2.73. The van der Waals surface area contributed by atoms with Crippen LogP contribution >= 0.6 is 0 Å².